The third kappa shape index (κ3) is 0.455. The van der Waals surface area contributed by atoms with E-state index in [0.29, 0.717) is 0 Å². The molecule has 1 fully saturated rings. The quantitative estimate of drug-likeness (QED) is 0.463. The average molecular weight is 84.1 g/mol. The van der Waals surface area contributed by atoms with Crippen LogP contribution in [0.1, 0.15) is 12.8 Å². The summed E-state index contributed by atoms with van der Waals surface area (Å²) in [5.74, 6) is 0. The first-order valence-electron chi connectivity index (χ1n) is 2.13. The van der Waals surface area contributed by atoms with E-state index in [1.807, 2.05) is 0 Å². The lowest BCUT2D eigenvalue weighted by Crippen LogP contribution is -1.97. The second-order valence-electron chi connectivity index (χ2n) is 1.81. The normalized spacial score (nSPS) is 26.2. The van der Waals surface area contributed by atoms with Gasteiger partial charge in [0.15, 0.2) is 0 Å². The largest absolute Gasteiger partial charge is 0.386 e. The van der Waals surface area contributed by atoms with Crippen LogP contribution in [0.15, 0.2) is 12.7 Å². The van der Waals surface area contributed by atoms with Crippen molar-refractivity contribution in [3.63, 3.8) is 0 Å². The van der Waals surface area contributed by atoms with Crippen molar-refractivity contribution in [3.05, 3.63) is 12.7 Å². The molecule has 0 bridgehead atoms. The summed E-state index contributed by atoms with van der Waals surface area (Å²) in [7, 11) is 0. The molecule has 0 aromatic heterocycles. The van der Waals surface area contributed by atoms with E-state index in [2.05, 4.69) is 6.58 Å². The fourth-order valence-electron chi connectivity index (χ4n) is 0.332. The Morgan fingerprint density at radius 1 is 1.67 bits per heavy atom. The molecule has 1 N–H and O–H groups in total. The average Bonchev–Trinajstić information content (AvgIpc) is 2.22. The Kier molecular flexibility index (Phi) is 0.549. The van der Waals surface area contributed by atoms with Gasteiger partial charge in [0, 0.05) is 0 Å². The van der Waals surface area contributed by atoms with Gasteiger partial charge in [-0.05, 0) is 12.8 Å². The van der Waals surface area contributed by atoms with Crippen LogP contribution in [0, 0.1) is 0 Å². The predicted molar refractivity (Wildman–Crippen MR) is 24.4 cm³/mol. The molecule has 6 heavy (non-hydrogen) atoms. The first kappa shape index (κ1) is 3.88. The minimum absolute atomic E-state index is 0.444. The highest BCUT2D eigenvalue weighted by atomic mass is 16.3. The molecule has 0 aromatic rings. The Morgan fingerprint density at radius 3 is 2.17 bits per heavy atom. The van der Waals surface area contributed by atoms with Crippen molar-refractivity contribution in [2.24, 2.45) is 0 Å². The molecule has 0 radical (unpaired) electrons. The maximum Gasteiger partial charge on any atom is 0.0827 e. The second-order valence-corrected chi connectivity index (χ2v) is 1.81. The first-order chi connectivity index (χ1) is 2.77. The highest BCUT2D eigenvalue weighted by molar-refractivity contribution is 5.07. The molecule has 0 atom stereocenters. The number of rotatable bonds is 1. The van der Waals surface area contributed by atoms with Crippen molar-refractivity contribution >= 4 is 0 Å². The van der Waals surface area contributed by atoms with Crippen LogP contribution in [-0.4, -0.2) is 10.7 Å². The fourth-order valence-corrected chi connectivity index (χ4v) is 0.332. The Balaban J connectivity index is 2.47. The molecule has 0 unspecified atom stereocenters. The minimum Gasteiger partial charge on any atom is -0.386 e. The van der Waals surface area contributed by atoms with Gasteiger partial charge >= 0.3 is 0 Å². The zero-order chi connectivity index (χ0) is 4.62. The number of aliphatic hydroxyl groups is 1. The molecule has 0 saturated heterocycles. The van der Waals surface area contributed by atoms with Crippen LogP contribution in [0.2, 0.25) is 0 Å². The van der Waals surface area contributed by atoms with Crippen LogP contribution in [0.25, 0.3) is 0 Å². The molecule has 0 aromatic carbocycles. The van der Waals surface area contributed by atoms with Gasteiger partial charge in [0.05, 0.1) is 5.60 Å². The zero-order valence-electron chi connectivity index (χ0n) is 3.65. The van der Waals surface area contributed by atoms with Gasteiger partial charge in [0.2, 0.25) is 0 Å². The summed E-state index contributed by atoms with van der Waals surface area (Å²) in [5, 5.41) is 8.82. The fraction of sp³-hybridized carbons (Fsp3) is 0.600. The molecule has 1 heteroatoms. The van der Waals surface area contributed by atoms with Crippen LogP contribution in [0.4, 0.5) is 0 Å². The van der Waals surface area contributed by atoms with Gasteiger partial charge in [0.1, 0.15) is 0 Å². The lowest BCUT2D eigenvalue weighted by Gasteiger charge is -1.90. The molecule has 1 nitrogen and oxygen atoms in total. The number of hydrogen-bond acceptors (Lipinski definition) is 1. The Morgan fingerprint density at radius 2 is 2.17 bits per heavy atom. The third-order valence-electron chi connectivity index (χ3n) is 1.14. The van der Waals surface area contributed by atoms with Crippen molar-refractivity contribution < 1.29 is 5.11 Å². The van der Waals surface area contributed by atoms with E-state index in [1.165, 1.54) is 0 Å². The predicted octanol–water partition coefficient (Wildman–Crippen LogP) is 0.697. The van der Waals surface area contributed by atoms with E-state index < -0.39 is 5.60 Å². The SMILES string of the molecule is C=CC1(O)CC1. The van der Waals surface area contributed by atoms with E-state index in [1.54, 1.807) is 6.08 Å². The molecule has 1 saturated carbocycles. The summed E-state index contributed by atoms with van der Waals surface area (Å²) in [6.07, 6.45) is 3.43. The monoisotopic (exact) mass is 84.1 g/mol. The molecular formula is C5H8O. The maximum atomic E-state index is 8.82. The lowest BCUT2D eigenvalue weighted by atomic mass is 10.3. The summed E-state index contributed by atoms with van der Waals surface area (Å²) >= 11 is 0. The van der Waals surface area contributed by atoms with Gasteiger partial charge in [-0.15, -0.1) is 6.58 Å². The zero-order valence-corrected chi connectivity index (χ0v) is 3.65. The van der Waals surface area contributed by atoms with Gasteiger partial charge in [-0.1, -0.05) is 6.08 Å². The molecule has 34 valence electrons. The van der Waals surface area contributed by atoms with Crippen molar-refractivity contribution in [2.45, 2.75) is 18.4 Å². The molecular weight excluding hydrogens is 76.1 g/mol. The molecule has 0 heterocycles. The summed E-state index contributed by atoms with van der Waals surface area (Å²) in [6.45, 7) is 3.44. The Bertz CT molecular complexity index is 72.0. The van der Waals surface area contributed by atoms with Crippen LogP contribution < -0.4 is 0 Å². The summed E-state index contributed by atoms with van der Waals surface area (Å²) in [5.41, 5.74) is -0.444. The standard InChI is InChI=1S/C5H8O/c1-2-5(6)3-4-5/h2,6H,1,3-4H2. The van der Waals surface area contributed by atoms with Crippen molar-refractivity contribution in [3.8, 4) is 0 Å². The van der Waals surface area contributed by atoms with Gasteiger partial charge in [-0.3, -0.25) is 0 Å². The maximum absolute atomic E-state index is 8.82. The first-order valence-corrected chi connectivity index (χ1v) is 2.13. The van der Waals surface area contributed by atoms with E-state index >= 15 is 0 Å². The number of hydrogen-bond donors (Lipinski definition) is 1. The van der Waals surface area contributed by atoms with Crippen LogP contribution in [0.3, 0.4) is 0 Å². The lowest BCUT2D eigenvalue weighted by molar-refractivity contribution is 0.202. The van der Waals surface area contributed by atoms with E-state index in [0.717, 1.165) is 12.8 Å². The Labute approximate surface area is 37.3 Å². The molecule has 0 aliphatic heterocycles. The molecule has 0 amide bonds. The minimum atomic E-state index is -0.444. The summed E-state index contributed by atoms with van der Waals surface area (Å²) in [4.78, 5) is 0. The topological polar surface area (TPSA) is 20.2 Å². The van der Waals surface area contributed by atoms with Gasteiger partial charge < -0.3 is 5.11 Å². The van der Waals surface area contributed by atoms with Crippen LogP contribution in [-0.2, 0) is 0 Å². The van der Waals surface area contributed by atoms with Gasteiger partial charge in [-0.2, -0.15) is 0 Å². The molecule has 0 spiro atoms. The Hall–Kier alpha value is -0.300. The van der Waals surface area contributed by atoms with Gasteiger partial charge in [-0.25, -0.2) is 0 Å². The van der Waals surface area contributed by atoms with E-state index in [-0.39, 0.29) is 0 Å². The van der Waals surface area contributed by atoms with Crippen LogP contribution in [0.5, 0.6) is 0 Å². The van der Waals surface area contributed by atoms with Crippen LogP contribution >= 0.6 is 0 Å². The third-order valence-corrected chi connectivity index (χ3v) is 1.14. The smallest absolute Gasteiger partial charge is 0.0827 e. The summed E-state index contributed by atoms with van der Waals surface area (Å²) in [6, 6.07) is 0. The highest BCUT2D eigenvalue weighted by Crippen LogP contribution is 2.35. The van der Waals surface area contributed by atoms with E-state index in [9.17, 15) is 0 Å². The van der Waals surface area contributed by atoms with E-state index in [4.69, 9.17) is 5.11 Å². The van der Waals surface area contributed by atoms with Crippen molar-refractivity contribution in [1.82, 2.24) is 0 Å². The summed E-state index contributed by atoms with van der Waals surface area (Å²) < 4.78 is 0. The van der Waals surface area contributed by atoms with Crippen molar-refractivity contribution in [1.29, 1.82) is 0 Å². The highest BCUT2D eigenvalue weighted by Gasteiger charge is 2.36. The van der Waals surface area contributed by atoms with Crippen molar-refractivity contribution in [2.75, 3.05) is 0 Å². The molecule has 1 aliphatic carbocycles. The van der Waals surface area contributed by atoms with Gasteiger partial charge in [0.25, 0.3) is 0 Å². The second kappa shape index (κ2) is 0.850. The molecule has 1 rings (SSSR count). The molecule has 1 aliphatic rings.